The summed E-state index contributed by atoms with van der Waals surface area (Å²) in [4.78, 5) is 18.6. The highest BCUT2D eigenvalue weighted by atomic mass is 16.4. The highest BCUT2D eigenvalue weighted by Crippen LogP contribution is 2.10. The van der Waals surface area contributed by atoms with Gasteiger partial charge in [-0.25, -0.2) is 0 Å². The van der Waals surface area contributed by atoms with Crippen molar-refractivity contribution < 1.29 is 28.8 Å². The first-order valence-corrected chi connectivity index (χ1v) is 9.18. The number of carboxylic acids is 2. The van der Waals surface area contributed by atoms with Crippen LogP contribution in [0.2, 0.25) is 0 Å². The Morgan fingerprint density at radius 2 is 0.840 bits per heavy atom. The molecule has 0 aromatic carbocycles. The van der Waals surface area contributed by atoms with E-state index in [1.165, 1.54) is 25.7 Å². The standard InChI is InChI=1S/2C8H20N.C3H4O4/c2*1-6-8(7-2)9(3,4)5;4-2(5)1-3(6)7/h2*8H,6-7H2,1-5H3;1H2,(H,4,5)(H,6,7)/q2*+1;/p-2. The van der Waals surface area contributed by atoms with Crippen molar-refractivity contribution in [1.29, 1.82) is 0 Å². The average molecular weight is 363 g/mol. The van der Waals surface area contributed by atoms with Crippen LogP contribution < -0.4 is 10.2 Å². The molecule has 0 radical (unpaired) electrons. The molecule has 0 rings (SSSR count). The molecule has 0 aliphatic heterocycles. The lowest BCUT2D eigenvalue weighted by Crippen LogP contribution is -2.44. The summed E-state index contributed by atoms with van der Waals surface area (Å²) in [5.41, 5.74) is 0. The Bertz CT molecular complexity index is 315. The zero-order valence-corrected chi connectivity index (χ0v) is 18.2. The van der Waals surface area contributed by atoms with E-state index in [0.29, 0.717) is 0 Å². The van der Waals surface area contributed by atoms with E-state index in [1.807, 2.05) is 0 Å². The zero-order chi connectivity index (χ0) is 20.8. The second kappa shape index (κ2) is 14.1. The number of hydrogen-bond donors (Lipinski definition) is 0. The van der Waals surface area contributed by atoms with E-state index in [0.717, 1.165) is 21.0 Å². The van der Waals surface area contributed by atoms with Gasteiger partial charge in [0.05, 0.1) is 54.4 Å². The molecule has 0 aromatic rings. The third-order valence-electron chi connectivity index (χ3n) is 4.36. The van der Waals surface area contributed by atoms with Crippen molar-refractivity contribution >= 4 is 11.9 Å². The Labute approximate surface area is 155 Å². The van der Waals surface area contributed by atoms with Gasteiger partial charge >= 0.3 is 0 Å². The molecule has 0 fully saturated rings. The number of rotatable bonds is 8. The number of aliphatic carboxylic acids is 2. The number of hydrogen-bond acceptors (Lipinski definition) is 4. The topological polar surface area (TPSA) is 80.3 Å². The van der Waals surface area contributed by atoms with Crippen LogP contribution in [0.25, 0.3) is 0 Å². The molecule has 0 aromatic heterocycles. The molecule has 0 unspecified atom stereocenters. The van der Waals surface area contributed by atoms with E-state index in [9.17, 15) is 19.8 Å². The minimum Gasteiger partial charge on any atom is -0.550 e. The summed E-state index contributed by atoms with van der Waals surface area (Å²) in [7, 11) is 13.6. The molecule has 0 atom stereocenters. The van der Waals surface area contributed by atoms with Crippen LogP contribution >= 0.6 is 0 Å². The van der Waals surface area contributed by atoms with Crippen molar-refractivity contribution in [2.24, 2.45) is 0 Å². The van der Waals surface area contributed by atoms with Gasteiger partial charge in [0.25, 0.3) is 0 Å². The number of carbonyl (C=O) groups is 2. The lowest BCUT2D eigenvalue weighted by Gasteiger charge is -2.32. The fourth-order valence-electron chi connectivity index (χ4n) is 2.89. The molecular formula is C19H42N2O4. The molecule has 0 N–H and O–H groups in total. The van der Waals surface area contributed by atoms with Gasteiger partial charge in [-0.1, -0.05) is 27.7 Å². The maximum atomic E-state index is 9.28. The van der Waals surface area contributed by atoms with Crippen LogP contribution in [0.5, 0.6) is 0 Å². The molecule has 0 spiro atoms. The van der Waals surface area contributed by atoms with Crippen LogP contribution in [0.3, 0.4) is 0 Å². The van der Waals surface area contributed by atoms with Crippen LogP contribution in [0.1, 0.15) is 59.8 Å². The van der Waals surface area contributed by atoms with Crippen molar-refractivity contribution in [2.45, 2.75) is 71.9 Å². The first-order chi connectivity index (χ1) is 11.2. The summed E-state index contributed by atoms with van der Waals surface area (Å²) in [5, 5.41) is 18.6. The lowest BCUT2D eigenvalue weighted by molar-refractivity contribution is -0.896. The third-order valence-corrected chi connectivity index (χ3v) is 4.36. The van der Waals surface area contributed by atoms with Gasteiger partial charge in [0.15, 0.2) is 0 Å². The van der Waals surface area contributed by atoms with Crippen LogP contribution in [0.4, 0.5) is 0 Å². The summed E-state index contributed by atoms with van der Waals surface area (Å²) in [6, 6.07) is 1.68. The van der Waals surface area contributed by atoms with Gasteiger partial charge in [-0.3, -0.25) is 0 Å². The van der Waals surface area contributed by atoms with Crippen LogP contribution in [-0.4, -0.2) is 75.3 Å². The Kier molecular flexibility index (Phi) is 16.1. The number of nitrogens with zero attached hydrogens (tertiary/aromatic N) is 2. The van der Waals surface area contributed by atoms with Gasteiger partial charge in [-0.15, -0.1) is 0 Å². The Balaban J connectivity index is -0.000000293. The molecule has 25 heavy (non-hydrogen) atoms. The van der Waals surface area contributed by atoms with Gasteiger partial charge in [0.2, 0.25) is 0 Å². The van der Waals surface area contributed by atoms with Crippen LogP contribution in [-0.2, 0) is 9.59 Å². The minimum atomic E-state index is -1.63. The maximum absolute atomic E-state index is 9.28. The van der Waals surface area contributed by atoms with Crippen molar-refractivity contribution in [2.75, 3.05) is 42.3 Å². The molecule has 0 bridgehead atoms. The summed E-state index contributed by atoms with van der Waals surface area (Å²) in [6.07, 6.45) is 4.14. The van der Waals surface area contributed by atoms with Gasteiger partial charge in [0, 0.05) is 18.4 Å². The Morgan fingerprint density at radius 3 is 0.840 bits per heavy atom. The third kappa shape index (κ3) is 19.0. The molecule has 0 saturated carbocycles. The van der Waals surface area contributed by atoms with Crippen molar-refractivity contribution in [1.82, 2.24) is 0 Å². The van der Waals surface area contributed by atoms with Gasteiger partial charge in [0.1, 0.15) is 0 Å². The van der Waals surface area contributed by atoms with Crippen molar-refractivity contribution in [3.05, 3.63) is 0 Å². The first kappa shape index (κ1) is 28.7. The Morgan fingerprint density at radius 1 is 0.640 bits per heavy atom. The molecule has 6 heteroatoms. The largest absolute Gasteiger partial charge is 0.550 e. The quantitative estimate of drug-likeness (QED) is 0.469. The predicted molar refractivity (Wildman–Crippen MR) is 99.4 cm³/mol. The zero-order valence-electron chi connectivity index (χ0n) is 18.2. The van der Waals surface area contributed by atoms with E-state index in [-0.39, 0.29) is 0 Å². The maximum Gasteiger partial charge on any atom is 0.0878 e. The number of carbonyl (C=O) groups excluding carboxylic acids is 2. The van der Waals surface area contributed by atoms with Crippen LogP contribution in [0.15, 0.2) is 0 Å². The highest BCUT2D eigenvalue weighted by molar-refractivity contribution is 5.86. The van der Waals surface area contributed by atoms with E-state index in [1.54, 1.807) is 0 Å². The number of quaternary nitrogens is 2. The molecular weight excluding hydrogens is 320 g/mol. The smallest absolute Gasteiger partial charge is 0.0878 e. The predicted octanol–water partition coefficient (Wildman–Crippen LogP) is 0.639. The van der Waals surface area contributed by atoms with E-state index in [2.05, 4.69) is 70.0 Å². The van der Waals surface area contributed by atoms with Crippen molar-refractivity contribution in [3.8, 4) is 0 Å². The molecule has 152 valence electrons. The van der Waals surface area contributed by atoms with Gasteiger partial charge in [-0.05, 0) is 25.7 Å². The van der Waals surface area contributed by atoms with E-state index < -0.39 is 18.4 Å². The molecule has 0 amide bonds. The van der Waals surface area contributed by atoms with Gasteiger partial charge in [-0.2, -0.15) is 0 Å². The fourth-order valence-corrected chi connectivity index (χ4v) is 2.89. The fraction of sp³-hybridized carbons (Fsp3) is 0.895. The summed E-state index contributed by atoms with van der Waals surface area (Å²) in [6.45, 7) is 9.05. The first-order valence-electron chi connectivity index (χ1n) is 9.18. The minimum absolute atomic E-state index is 0.838. The number of carboxylic acid groups (broad SMARTS) is 2. The Hall–Kier alpha value is -1.14. The SMILES string of the molecule is CCC(CC)[N+](C)(C)C.CCC(CC)[N+](C)(C)C.O=C([O-])CC(=O)[O-]. The summed E-state index contributed by atoms with van der Waals surface area (Å²) in [5.74, 6) is -3.25. The molecule has 0 saturated heterocycles. The monoisotopic (exact) mass is 362 g/mol. The lowest BCUT2D eigenvalue weighted by atomic mass is 10.1. The molecule has 6 nitrogen and oxygen atoms in total. The summed E-state index contributed by atoms with van der Waals surface area (Å²) < 4.78 is 2.21. The second-order valence-electron chi connectivity index (χ2n) is 8.09. The normalized spacial score (nSPS) is 11.4. The van der Waals surface area contributed by atoms with Crippen molar-refractivity contribution in [3.63, 3.8) is 0 Å². The summed E-state index contributed by atoms with van der Waals surface area (Å²) >= 11 is 0. The molecule has 0 aliphatic rings. The highest BCUT2D eigenvalue weighted by Gasteiger charge is 2.19. The van der Waals surface area contributed by atoms with E-state index in [4.69, 9.17) is 0 Å². The second-order valence-corrected chi connectivity index (χ2v) is 8.09. The average Bonchev–Trinajstić information content (AvgIpc) is 2.37. The molecule has 0 heterocycles. The van der Waals surface area contributed by atoms with Crippen LogP contribution in [0, 0.1) is 0 Å². The molecule has 0 aliphatic carbocycles. The van der Waals surface area contributed by atoms with Gasteiger partial charge < -0.3 is 28.8 Å². The van der Waals surface area contributed by atoms with E-state index >= 15 is 0 Å².